The minimum Gasteiger partial charge on any atom is -0.328 e. The molecule has 0 aliphatic heterocycles. The molecule has 0 fully saturated rings. The quantitative estimate of drug-likeness (QED) is 0.848. The van der Waals surface area contributed by atoms with Crippen LogP contribution in [0.2, 0.25) is 0 Å². The molecule has 3 N–H and O–H groups in total. The standard InChI is InChI=1S/C13H18N6O/c1-9-7-11(16-13(20)6-3-10(2)14)4-5-12(9)19-8-15-17-18-19/h4-5,7-8,10H,3,6,14H2,1-2H3,(H,16,20). The minimum absolute atomic E-state index is 0.0307. The van der Waals surface area contributed by atoms with E-state index >= 15 is 0 Å². The molecule has 0 saturated carbocycles. The molecule has 1 aromatic heterocycles. The van der Waals surface area contributed by atoms with Gasteiger partial charge in [-0.05, 0) is 54.5 Å². The molecule has 1 amide bonds. The van der Waals surface area contributed by atoms with Crippen molar-refractivity contribution in [3.8, 4) is 5.69 Å². The Labute approximate surface area is 117 Å². The number of rotatable bonds is 5. The number of hydrogen-bond acceptors (Lipinski definition) is 5. The lowest BCUT2D eigenvalue weighted by molar-refractivity contribution is -0.116. The van der Waals surface area contributed by atoms with Crippen LogP contribution in [0, 0.1) is 6.92 Å². The van der Waals surface area contributed by atoms with Crippen LogP contribution in [0.1, 0.15) is 25.3 Å². The van der Waals surface area contributed by atoms with Crippen molar-refractivity contribution in [3.63, 3.8) is 0 Å². The molecular formula is C13H18N6O. The number of nitrogens with one attached hydrogen (secondary N) is 1. The Morgan fingerprint density at radius 3 is 2.90 bits per heavy atom. The van der Waals surface area contributed by atoms with Crippen LogP contribution in [0.4, 0.5) is 5.69 Å². The number of aryl methyl sites for hydroxylation is 1. The molecule has 0 spiro atoms. The number of tetrazole rings is 1. The van der Waals surface area contributed by atoms with Gasteiger partial charge in [-0.2, -0.15) is 0 Å². The molecule has 1 atom stereocenters. The molecule has 20 heavy (non-hydrogen) atoms. The molecule has 106 valence electrons. The zero-order valence-electron chi connectivity index (χ0n) is 11.6. The first kappa shape index (κ1) is 14.1. The highest BCUT2D eigenvalue weighted by molar-refractivity contribution is 5.90. The van der Waals surface area contributed by atoms with Crippen molar-refractivity contribution >= 4 is 11.6 Å². The third-order valence-electron chi connectivity index (χ3n) is 2.90. The van der Waals surface area contributed by atoms with E-state index in [1.54, 1.807) is 4.68 Å². The molecule has 0 radical (unpaired) electrons. The first-order valence-electron chi connectivity index (χ1n) is 6.45. The van der Waals surface area contributed by atoms with Crippen LogP contribution in [-0.4, -0.2) is 32.2 Å². The van der Waals surface area contributed by atoms with Gasteiger partial charge in [-0.15, -0.1) is 5.10 Å². The Morgan fingerprint density at radius 2 is 2.30 bits per heavy atom. The Morgan fingerprint density at radius 1 is 1.50 bits per heavy atom. The predicted molar refractivity (Wildman–Crippen MR) is 75.4 cm³/mol. The average Bonchev–Trinajstić information content (AvgIpc) is 2.90. The van der Waals surface area contributed by atoms with Crippen molar-refractivity contribution in [2.24, 2.45) is 5.73 Å². The third kappa shape index (κ3) is 3.61. The molecule has 0 bridgehead atoms. The second kappa shape index (κ2) is 6.25. The highest BCUT2D eigenvalue weighted by atomic mass is 16.1. The molecule has 1 heterocycles. The van der Waals surface area contributed by atoms with E-state index in [0.29, 0.717) is 12.8 Å². The monoisotopic (exact) mass is 274 g/mol. The summed E-state index contributed by atoms with van der Waals surface area (Å²) in [6.45, 7) is 3.83. The Hall–Kier alpha value is -2.28. The first-order chi connectivity index (χ1) is 9.56. The third-order valence-corrected chi connectivity index (χ3v) is 2.90. The lowest BCUT2D eigenvalue weighted by atomic mass is 10.1. The molecule has 0 saturated heterocycles. The molecular weight excluding hydrogens is 256 g/mol. The fraction of sp³-hybridized carbons (Fsp3) is 0.385. The number of nitrogens with zero attached hydrogens (tertiary/aromatic N) is 4. The molecule has 0 aliphatic carbocycles. The van der Waals surface area contributed by atoms with E-state index in [0.717, 1.165) is 16.9 Å². The second-order valence-corrected chi connectivity index (χ2v) is 4.82. The van der Waals surface area contributed by atoms with Crippen molar-refractivity contribution in [2.75, 3.05) is 5.32 Å². The molecule has 1 aromatic carbocycles. The number of carbonyl (C=O) groups excluding carboxylic acids is 1. The largest absolute Gasteiger partial charge is 0.328 e. The zero-order chi connectivity index (χ0) is 14.5. The number of nitrogens with two attached hydrogens (primary N) is 1. The van der Waals surface area contributed by atoms with Gasteiger partial charge in [0.25, 0.3) is 0 Å². The number of carbonyl (C=O) groups is 1. The van der Waals surface area contributed by atoms with Crippen molar-refractivity contribution in [3.05, 3.63) is 30.1 Å². The maximum Gasteiger partial charge on any atom is 0.224 e. The number of hydrogen-bond donors (Lipinski definition) is 2. The summed E-state index contributed by atoms with van der Waals surface area (Å²) in [5, 5.41) is 13.9. The average molecular weight is 274 g/mol. The number of aromatic nitrogens is 4. The van der Waals surface area contributed by atoms with Crippen LogP contribution in [0.5, 0.6) is 0 Å². The van der Waals surface area contributed by atoms with Crippen LogP contribution in [0.25, 0.3) is 5.69 Å². The van der Waals surface area contributed by atoms with Crippen molar-refractivity contribution in [1.82, 2.24) is 20.2 Å². The van der Waals surface area contributed by atoms with Crippen LogP contribution in [0.3, 0.4) is 0 Å². The fourth-order valence-corrected chi connectivity index (χ4v) is 1.84. The summed E-state index contributed by atoms with van der Waals surface area (Å²) in [5.41, 5.74) is 8.24. The smallest absolute Gasteiger partial charge is 0.224 e. The summed E-state index contributed by atoms with van der Waals surface area (Å²) in [5.74, 6) is -0.0307. The highest BCUT2D eigenvalue weighted by Crippen LogP contribution is 2.18. The highest BCUT2D eigenvalue weighted by Gasteiger charge is 2.07. The topological polar surface area (TPSA) is 98.7 Å². The van der Waals surface area contributed by atoms with Crippen molar-refractivity contribution in [2.45, 2.75) is 32.7 Å². The van der Waals surface area contributed by atoms with E-state index in [9.17, 15) is 4.79 Å². The summed E-state index contributed by atoms with van der Waals surface area (Å²) < 4.78 is 1.58. The molecule has 7 heteroatoms. The molecule has 7 nitrogen and oxygen atoms in total. The van der Waals surface area contributed by atoms with Crippen molar-refractivity contribution < 1.29 is 4.79 Å². The van der Waals surface area contributed by atoms with Gasteiger partial charge in [-0.3, -0.25) is 4.79 Å². The number of anilines is 1. The van der Waals surface area contributed by atoms with Gasteiger partial charge in [-0.1, -0.05) is 0 Å². The van der Waals surface area contributed by atoms with Crippen LogP contribution in [0.15, 0.2) is 24.5 Å². The second-order valence-electron chi connectivity index (χ2n) is 4.82. The van der Waals surface area contributed by atoms with E-state index in [1.165, 1.54) is 6.33 Å². The lowest BCUT2D eigenvalue weighted by Crippen LogP contribution is -2.19. The van der Waals surface area contributed by atoms with E-state index in [2.05, 4.69) is 20.8 Å². The SMILES string of the molecule is Cc1cc(NC(=O)CCC(C)N)ccc1-n1cnnn1. The van der Waals surface area contributed by atoms with Gasteiger partial charge in [0.15, 0.2) is 0 Å². The van der Waals surface area contributed by atoms with Gasteiger partial charge in [0.05, 0.1) is 5.69 Å². The Kier molecular flexibility index (Phi) is 4.41. The van der Waals surface area contributed by atoms with Gasteiger partial charge >= 0.3 is 0 Å². The normalized spacial score (nSPS) is 12.2. The van der Waals surface area contributed by atoms with Gasteiger partial charge < -0.3 is 11.1 Å². The summed E-state index contributed by atoms with van der Waals surface area (Å²) in [6.07, 6.45) is 2.63. The molecule has 2 aromatic rings. The summed E-state index contributed by atoms with van der Waals surface area (Å²) >= 11 is 0. The van der Waals surface area contributed by atoms with E-state index < -0.39 is 0 Å². The Bertz CT molecular complexity index is 579. The predicted octanol–water partition coefficient (Wildman–Crippen LogP) is 1.04. The summed E-state index contributed by atoms with van der Waals surface area (Å²) in [4.78, 5) is 11.7. The Balaban J connectivity index is 2.04. The van der Waals surface area contributed by atoms with Gasteiger partial charge in [-0.25, -0.2) is 4.68 Å². The van der Waals surface area contributed by atoms with Gasteiger partial charge in [0.2, 0.25) is 5.91 Å². The van der Waals surface area contributed by atoms with E-state index in [1.807, 2.05) is 32.0 Å². The minimum atomic E-state index is -0.0307. The van der Waals surface area contributed by atoms with Gasteiger partial charge in [0.1, 0.15) is 6.33 Å². The fourth-order valence-electron chi connectivity index (χ4n) is 1.84. The summed E-state index contributed by atoms with van der Waals surface area (Å²) in [7, 11) is 0. The van der Waals surface area contributed by atoms with Crippen LogP contribution in [-0.2, 0) is 4.79 Å². The number of amides is 1. The number of benzene rings is 1. The molecule has 1 unspecified atom stereocenters. The first-order valence-corrected chi connectivity index (χ1v) is 6.45. The van der Waals surface area contributed by atoms with Gasteiger partial charge in [0, 0.05) is 18.2 Å². The zero-order valence-corrected chi connectivity index (χ0v) is 11.6. The maximum atomic E-state index is 11.7. The lowest BCUT2D eigenvalue weighted by Gasteiger charge is -2.10. The maximum absolute atomic E-state index is 11.7. The molecule has 2 rings (SSSR count). The van der Waals surface area contributed by atoms with Crippen molar-refractivity contribution in [1.29, 1.82) is 0 Å². The summed E-state index contributed by atoms with van der Waals surface area (Å²) in [6, 6.07) is 5.62. The van der Waals surface area contributed by atoms with Crippen LogP contribution < -0.4 is 11.1 Å². The molecule has 0 aliphatic rings. The van der Waals surface area contributed by atoms with E-state index in [4.69, 9.17) is 5.73 Å². The van der Waals surface area contributed by atoms with E-state index in [-0.39, 0.29) is 11.9 Å². The van der Waals surface area contributed by atoms with Crippen LogP contribution >= 0.6 is 0 Å².